The van der Waals surface area contributed by atoms with E-state index in [-0.39, 0.29) is 24.9 Å². The maximum absolute atomic E-state index is 13.2. The van der Waals surface area contributed by atoms with Crippen molar-refractivity contribution in [2.75, 3.05) is 6.61 Å². The first kappa shape index (κ1) is 58.6. The molecule has 0 bridgehead atoms. The zero-order chi connectivity index (χ0) is 43.8. The molecule has 0 saturated heterocycles. The lowest BCUT2D eigenvalue weighted by atomic mass is 10.0. The minimum Gasteiger partial charge on any atom is -0.462 e. The second-order valence-corrected chi connectivity index (χ2v) is 18.6. The van der Waals surface area contributed by atoms with Gasteiger partial charge in [-0.1, -0.05) is 245 Å². The molecule has 0 fully saturated rings. The molecule has 0 spiro atoms. The lowest BCUT2D eigenvalue weighted by Gasteiger charge is -2.24. The predicted octanol–water partition coefficient (Wildman–Crippen LogP) is 16.1. The van der Waals surface area contributed by atoms with E-state index in [1.54, 1.807) is 0 Å². The average Bonchev–Trinajstić information content (AvgIpc) is 3.24. The van der Waals surface area contributed by atoms with E-state index in [0.717, 1.165) is 51.4 Å². The van der Waals surface area contributed by atoms with Crippen molar-refractivity contribution in [2.24, 2.45) is 0 Å². The molecule has 356 valence electrons. The van der Waals surface area contributed by atoms with Gasteiger partial charge in [0.2, 0.25) is 5.91 Å². The minimum absolute atomic E-state index is 0.0817. The van der Waals surface area contributed by atoms with Gasteiger partial charge < -0.3 is 20.3 Å². The molecular formula is C54H105NO5. The van der Waals surface area contributed by atoms with Gasteiger partial charge in [0.15, 0.2) is 0 Å². The van der Waals surface area contributed by atoms with E-state index in [1.807, 2.05) is 0 Å². The highest BCUT2D eigenvalue weighted by Gasteiger charge is 2.24. The number of carbonyl (C=O) groups excluding carboxylic acids is 2. The Bertz CT molecular complexity index is 909. The molecule has 0 aromatic rings. The fourth-order valence-electron chi connectivity index (χ4n) is 8.49. The number of aliphatic hydroxyl groups excluding tert-OH is 2. The van der Waals surface area contributed by atoms with Crippen molar-refractivity contribution < 1.29 is 24.5 Å². The molecule has 0 aromatic carbocycles. The van der Waals surface area contributed by atoms with Crippen molar-refractivity contribution in [1.29, 1.82) is 0 Å². The van der Waals surface area contributed by atoms with Crippen LogP contribution in [0.5, 0.6) is 0 Å². The molecule has 6 nitrogen and oxygen atoms in total. The van der Waals surface area contributed by atoms with E-state index in [4.69, 9.17) is 4.74 Å². The van der Waals surface area contributed by atoms with E-state index in [0.29, 0.717) is 19.3 Å². The number of nitrogens with one attached hydrogen (secondary N) is 1. The third kappa shape index (κ3) is 43.3. The molecule has 6 heteroatoms. The summed E-state index contributed by atoms with van der Waals surface area (Å²) in [4.78, 5) is 26.1. The summed E-state index contributed by atoms with van der Waals surface area (Å²) < 4.78 is 5.94. The van der Waals surface area contributed by atoms with E-state index in [9.17, 15) is 19.8 Å². The second-order valence-electron chi connectivity index (χ2n) is 18.6. The van der Waals surface area contributed by atoms with Gasteiger partial charge in [-0.05, 0) is 51.4 Å². The first-order valence-electron chi connectivity index (χ1n) is 26.9. The highest BCUT2D eigenvalue weighted by Crippen LogP contribution is 2.19. The summed E-state index contributed by atoms with van der Waals surface area (Å²) in [6, 6.07) is -0.696. The molecule has 0 rings (SSSR count). The fourth-order valence-corrected chi connectivity index (χ4v) is 8.49. The number of allylic oxidation sites excluding steroid dienone is 2. The lowest BCUT2D eigenvalue weighted by molar-refractivity contribution is -0.151. The van der Waals surface area contributed by atoms with Gasteiger partial charge in [0, 0.05) is 6.42 Å². The maximum atomic E-state index is 13.2. The molecule has 0 radical (unpaired) electrons. The molecule has 3 unspecified atom stereocenters. The summed E-state index contributed by atoms with van der Waals surface area (Å²) in [5, 5.41) is 23.8. The molecule has 0 aliphatic carbocycles. The van der Waals surface area contributed by atoms with E-state index < -0.39 is 18.2 Å². The number of carbonyl (C=O) groups is 2. The third-order valence-corrected chi connectivity index (χ3v) is 12.6. The molecular weight excluding hydrogens is 743 g/mol. The number of hydrogen-bond donors (Lipinski definition) is 3. The quantitative estimate of drug-likeness (QED) is 0.0322. The Hall–Kier alpha value is -1.40. The summed E-state index contributed by atoms with van der Waals surface area (Å²) in [6.07, 6.45) is 54.1. The number of hydrogen-bond acceptors (Lipinski definition) is 5. The van der Waals surface area contributed by atoms with Crippen molar-refractivity contribution in [3.8, 4) is 0 Å². The van der Waals surface area contributed by atoms with Crippen molar-refractivity contribution in [3.63, 3.8) is 0 Å². The zero-order valence-corrected chi connectivity index (χ0v) is 40.6. The average molecular weight is 848 g/mol. The Kier molecular flexibility index (Phi) is 47.5. The van der Waals surface area contributed by atoms with Crippen LogP contribution in [0, 0.1) is 0 Å². The van der Waals surface area contributed by atoms with Crippen LogP contribution in [0.15, 0.2) is 12.2 Å². The van der Waals surface area contributed by atoms with Gasteiger partial charge >= 0.3 is 5.97 Å². The number of amides is 1. The Morgan fingerprint density at radius 3 is 1.22 bits per heavy atom. The van der Waals surface area contributed by atoms with Crippen LogP contribution in [0.3, 0.4) is 0 Å². The fraction of sp³-hybridized carbons (Fsp3) is 0.926. The molecule has 60 heavy (non-hydrogen) atoms. The van der Waals surface area contributed by atoms with Gasteiger partial charge in [-0.3, -0.25) is 9.59 Å². The van der Waals surface area contributed by atoms with Crippen LogP contribution in [0.25, 0.3) is 0 Å². The summed E-state index contributed by atoms with van der Waals surface area (Å²) in [6.45, 7) is 6.49. The summed E-state index contributed by atoms with van der Waals surface area (Å²) >= 11 is 0. The second kappa shape index (κ2) is 48.6. The maximum Gasteiger partial charge on any atom is 0.306 e. The topological polar surface area (TPSA) is 95.9 Å². The molecule has 1 amide bonds. The monoisotopic (exact) mass is 848 g/mol. The molecule has 0 saturated carbocycles. The normalized spacial score (nSPS) is 13.2. The minimum atomic E-state index is -0.783. The zero-order valence-electron chi connectivity index (χ0n) is 40.6. The highest BCUT2D eigenvalue weighted by atomic mass is 16.5. The molecule has 3 N–H and O–H groups in total. The van der Waals surface area contributed by atoms with Crippen LogP contribution in [-0.2, 0) is 14.3 Å². The van der Waals surface area contributed by atoms with Crippen LogP contribution < -0.4 is 5.32 Å². The number of ether oxygens (including phenoxy) is 1. The number of rotatable bonds is 49. The van der Waals surface area contributed by atoms with Gasteiger partial charge in [0.1, 0.15) is 6.10 Å². The van der Waals surface area contributed by atoms with Gasteiger partial charge in [-0.15, -0.1) is 0 Å². The highest BCUT2D eigenvalue weighted by molar-refractivity contribution is 5.77. The van der Waals surface area contributed by atoms with Crippen molar-refractivity contribution in [1.82, 2.24) is 5.32 Å². The van der Waals surface area contributed by atoms with Gasteiger partial charge in [0.25, 0.3) is 0 Å². The van der Waals surface area contributed by atoms with Gasteiger partial charge in [-0.2, -0.15) is 0 Å². The van der Waals surface area contributed by atoms with Gasteiger partial charge in [-0.25, -0.2) is 0 Å². The largest absolute Gasteiger partial charge is 0.462 e. The van der Waals surface area contributed by atoms with Crippen molar-refractivity contribution >= 4 is 11.9 Å². The van der Waals surface area contributed by atoms with Crippen LogP contribution in [-0.4, -0.2) is 46.9 Å². The first-order valence-corrected chi connectivity index (χ1v) is 26.9. The Morgan fingerprint density at radius 2 is 0.800 bits per heavy atom. The molecule has 0 aliphatic heterocycles. The Balaban J connectivity index is 4.51. The number of esters is 1. The summed E-state index contributed by atoms with van der Waals surface area (Å²) in [5.74, 6) is -0.466. The molecule has 3 atom stereocenters. The third-order valence-electron chi connectivity index (χ3n) is 12.6. The first-order chi connectivity index (χ1) is 29.5. The number of unbranched alkanes of at least 4 members (excludes halogenated alkanes) is 35. The SMILES string of the molecule is CCCCC/C=C\CCCCCCCC(=O)OC(CCCCCCCCCCCCCCCC)CC(=O)NC(CO)C(O)CCCCCCCCCCCCCCCCC. The summed E-state index contributed by atoms with van der Waals surface area (Å²) in [5.41, 5.74) is 0. The molecule has 0 aliphatic rings. The standard InChI is InChI=1S/C54H105NO5/c1-4-7-10-13-16-19-22-25-27-29-31-34-37-40-43-46-52(57)51(49-56)55-53(58)48-50(45-42-39-36-33-30-28-26-23-20-17-14-11-8-5-2)60-54(59)47-44-41-38-35-32-24-21-18-15-12-9-6-3/h18,21,50-52,56-57H,4-17,19-20,22-49H2,1-3H3,(H,55,58)/b21-18-. The Labute approximate surface area is 374 Å². The van der Waals surface area contributed by atoms with Crippen molar-refractivity contribution in [3.05, 3.63) is 12.2 Å². The van der Waals surface area contributed by atoms with Crippen LogP contribution >= 0.6 is 0 Å². The van der Waals surface area contributed by atoms with Crippen molar-refractivity contribution in [2.45, 2.75) is 315 Å². The molecule has 0 heterocycles. The van der Waals surface area contributed by atoms with Crippen LogP contribution in [0.1, 0.15) is 297 Å². The van der Waals surface area contributed by atoms with E-state index >= 15 is 0 Å². The van der Waals surface area contributed by atoms with E-state index in [2.05, 4.69) is 38.2 Å². The molecule has 0 aromatic heterocycles. The van der Waals surface area contributed by atoms with Gasteiger partial charge in [0.05, 0.1) is 25.2 Å². The number of aliphatic hydroxyl groups is 2. The smallest absolute Gasteiger partial charge is 0.306 e. The summed E-state index contributed by atoms with van der Waals surface area (Å²) in [7, 11) is 0. The van der Waals surface area contributed by atoms with Crippen LogP contribution in [0.4, 0.5) is 0 Å². The predicted molar refractivity (Wildman–Crippen MR) is 260 cm³/mol. The Morgan fingerprint density at radius 1 is 0.467 bits per heavy atom. The van der Waals surface area contributed by atoms with E-state index in [1.165, 1.54) is 199 Å². The lowest BCUT2D eigenvalue weighted by Crippen LogP contribution is -2.46. The van der Waals surface area contributed by atoms with Crippen LogP contribution in [0.2, 0.25) is 0 Å².